The number of amides is 1. The number of alkyl halides is 1. The molecule has 0 aromatic carbocycles. The zero-order valence-electron chi connectivity index (χ0n) is 18.4. The van der Waals surface area contributed by atoms with Gasteiger partial charge in [-0.05, 0) is 19.4 Å². The first-order chi connectivity index (χ1) is 16.1. The highest BCUT2D eigenvalue weighted by molar-refractivity contribution is 14.1. The van der Waals surface area contributed by atoms with Gasteiger partial charge >= 0.3 is 5.97 Å². The fourth-order valence-corrected chi connectivity index (χ4v) is 3.60. The van der Waals surface area contributed by atoms with Crippen LogP contribution in [0.5, 0.6) is 0 Å². The molecule has 8 N–H and O–H groups in total. The van der Waals surface area contributed by atoms with Crippen LogP contribution in [0.4, 0.5) is 11.8 Å². The normalized spacial score (nSPS) is 12.9. The summed E-state index contributed by atoms with van der Waals surface area (Å²) in [6.07, 6.45) is 4.55. The molecule has 1 atom stereocenters. The summed E-state index contributed by atoms with van der Waals surface area (Å²) in [4.78, 5) is 41.5. The number of hydrogen-bond donors (Lipinski definition) is 6. The third-order valence-corrected chi connectivity index (χ3v) is 5.45. The van der Waals surface area contributed by atoms with Crippen LogP contribution in [0.2, 0.25) is 0 Å². The van der Waals surface area contributed by atoms with E-state index < -0.39 is 24.2 Å². The fourth-order valence-electron chi connectivity index (χ4n) is 2.97. The maximum atomic E-state index is 12.2. The molecule has 0 aliphatic carbocycles. The predicted octanol–water partition coefficient (Wildman–Crippen LogP) is 0.289. The van der Waals surface area contributed by atoms with Crippen LogP contribution >= 0.6 is 22.6 Å². The average Bonchev–Trinajstić information content (AvgIpc) is 2.78. The van der Waals surface area contributed by atoms with Crippen molar-refractivity contribution in [3.63, 3.8) is 0 Å². The van der Waals surface area contributed by atoms with Crippen molar-refractivity contribution in [1.82, 2.24) is 30.2 Å². The van der Waals surface area contributed by atoms with Crippen molar-refractivity contribution in [3.05, 3.63) is 35.8 Å². The minimum atomic E-state index is -1.85. The number of carbonyl (C=O) groups excluding carboxylic acids is 1. The highest BCUT2D eigenvalue weighted by atomic mass is 127. The van der Waals surface area contributed by atoms with Crippen LogP contribution in [0.25, 0.3) is 11.2 Å². The van der Waals surface area contributed by atoms with E-state index in [1.807, 2.05) is 17.9 Å². The third kappa shape index (κ3) is 8.03. The summed E-state index contributed by atoms with van der Waals surface area (Å²) in [6, 6.07) is -1.07. The maximum absolute atomic E-state index is 12.2. The lowest BCUT2D eigenvalue weighted by atomic mass is 10.1. The predicted molar refractivity (Wildman–Crippen MR) is 133 cm³/mol. The van der Waals surface area contributed by atoms with Gasteiger partial charge in [0.25, 0.3) is 0 Å². The van der Waals surface area contributed by atoms with Gasteiger partial charge in [0.1, 0.15) is 0 Å². The van der Waals surface area contributed by atoms with Crippen molar-refractivity contribution in [1.29, 1.82) is 0 Å². The molecule has 1 amide bonds. The minimum Gasteiger partial charge on any atom is -0.481 e. The van der Waals surface area contributed by atoms with Crippen LogP contribution in [0.1, 0.15) is 31.9 Å². The van der Waals surface area contributed by atoms with E-state index >= 15 is 0 Å². The highest BCUT2D eigenvalue weighted by Gasteiger charge is 2.19. The van der Waals surface area contributed by atoms with Crippen LogP contribution in [0, 0.1) is 0 Å². The second kappa shape index (κ2) is 13.0. The lowest BCUT2D eigenvalue weighted by Gasteiger charge is -2.23. The Balaban J connectivity index is 2.03. The molecule has 184 valence electrons. The number of halogens is 1. The zero-order valence-corrected chi connectivity index (χ0v) is 20.6. The Morgan fingerprint density at radius 3 is 2.62 bits per heavy atom. The van der Waals surface area contributed by atoms with Gasteiger partial charge in [0.2, 0.25) is 11.9 Å². The topological polar surface area (TPSA) is 214 Å². The molecule has 0 saturated heterocycles. The summed E-state index contributed by atoms with van der Waals surface area (Å²) in [6.45, 7) is 2.25. The molecule has 0 fully saturated rings. The third-order valence-electron chi connectivity index (χ3n) is 4.63. The van der Waals surface area contributed by atoms with Gasteiger partial charge in [-0.25, -0.2) is 9.97 Å². The van der Waals surface area contributed by atoms with E-state index in [1.165, 1.54) is 0 Å². The van der Waals surface area contributed by atoms with Crippen molar-refractivity contribution >= 4 is 57.4 Å². The largest absolute Gasteiger partial charge is 0.481 e. The molecule has 2 aromatic rings. The van der Waals surface area contributed by atoms with Crippen molar-refractivity contribution in [2.45, 2.75) is 45.1 Å². The number of hydrogen-bond acceptors (Lipinski definition) is 11. The molecular formula is C20H27IN8O5. The van der Waals surface area contributed by atoms with Gasteiger partial charge in [0, 0.05) is 18.5 Å². The van der Waals surface area contributed by atoms with Gasteiger partial charge in [-0.3, -0.25) is 9.59 Å². The fraction of sp³-hybridized carbons (Fsp3) is 0.400. The molecule has 0 unspecified atom stereocenters. The maximum Gasteiger partial charge on any atom is 0.303 e. The lowest BCUT2D eigenvalue weighted by molar-refractivity contribution is -0.138. The van der Waals surface area contributed by atoms with Gasteiger partial charge < -0.3 is 37.0 Å². The van der Waals surface area contributed by atoms with Crippen LogP contribution in [-0.4, -0.2) is 68.9 Å². The molecule has 0 spiro atoms. The van der Waals surface area contributed by atoms with E-state index in [4.69, 9.17) is 16.6 Å². The summed E-state index contributed by atoms with van der Waals surface area (Å²) < 4.78 is 0.607. The van der Waals surface area contributed by atoms with Gasteiger partial charge in [0.05, 0.1) is 29.0 Å². The molecule has 2 rings (SSSR count). The highest BCUT2D eigenvalue weighted by Crippen LogP contribution is 2.18. The molecule has 0 aliphatic heterocycles. The van der Waals surface area contributed by atoms with Crippen molar-refractivity contribution in [3.8, 4) is 0 Å². The summed E-state index contributed by atoms with van der Waals surface area (Å²) in [5.74, 6) is -1.39. The Labute approximate surface area is 209 Å². The molecule has 2 aromatic heterocycles. The number of carboxylic acid groups (broad SMARTS) is 1. The number of allylic oxidation sites excluding steroid dienone is 2. The molecule has 0 radical (unpaired) electrons. The van der Waals surface area contributed by atoms with E-state index in [0.717, 1.165) is 5.70 Å². The summed E-state index contributed by atoms with van der Waals surface area (Å²) in [5.41, 5.74) is 13.6. The van der Waals surface area contributed by atoms with Gasteiger partial charge in [-0.15, -0.1) is 0 Å². The Kier molecular flexibility index (Phi) is 10.3. The summed E-state index contributed by atoms with van der Waals surface area (Å²) >= 11 is 2.20. The van der Waals surface area contributed by atoms with E-state index in [0.29, 0.717) is 28.0 Å². The monoisotopic (exact) mass is 586 g/mol. The number of aliphatic hydroxyl groups excluding tert-OH is 1. The number of nitrogens with one attached hydrogen (secondary N) is 1. The number of aliphatic carboxylic acids is 1. The van der Waals surface area contributed by atoms with Crippen molar-refractivity contribution in [2.75, 3.05) is 16.0 Å². The Morgan fingerprint density at radius 2 is 2.00 bits per heavy atom. The molecule has 2 heterocycles. The molecule has 0 aliphatic rings. The zero-order chi connectivity index (χ0) is 25.3. The summed E-state index contributed by atoms with van der Waals surface area (Å²) in [5, 5.41) is 29.9. The number of nitrogens with two attached hydrogens (primary N) is 2. The number of nitrogen functional groups attached to an aromatic ring is 2. The smallest absolute Gasteiger partial charge is 0.303 e. The van der Waals surface area contributed by atoms with Crippen molar-refractivity contribution < 1.29 is 24.9 Å². The number of fused-ring (bicyclic) bond motifs is 1. The van der Waals surface area contributed by atoms with Crippen LogP contribution in [-0.2, 0) is 16.1 Å². The van der Waals surface area contributed by atoms with Gasteiger partial charge in [0.15, 0.2) is 23.3 Å². The first-order valence-corrected chi connectivity index (χ1v) is 11.7. The number of aromatic nitrogens is 4. The number of carboxylic acids is 1. The van der Waals surface area contributed by atoms with Gasteiger partial charge in [-0.2, -0.15) is 9.97 Å². The van der Waals surface area contributed by atoms with Gasteiger partial charge in [-0.1, -0.05) is 34.7 Å². The number of aliphatic hydroxyl groups is 2. The first kappa shape index (κ1) is 27.1. The van der Waals surface area contributed by atoms with Crippen LogP contribution < -0.4 is 16.8 Å². The molecule has 34 heavy (non-hydrogen) atoms. The molecule has 0 saturated carbocycles. The number of anilines is 2. The SMILES string of the molecule is C/C=C(\C=C/CC(=O)N[C@H](CCC(=O)O)C(O)O)N(CI)Cc1cnc2nc(N)nc(N)c2n1. The number of rotatable bonds is 12. The summed E-state index contributed by atoms with van der Waals surface area (Å²) in [7, 11) is 0. The number of carbonyl (C=O) groups is 2. The Hall–Kier alpha value is -3.11. The van der Waals surface area contributed by atoms with Crippen LogP contribution in [0.3, 0.4) is 0 Å². The molecule has 14 heteroatoms. The molecule has 0 bridgehead atoms. The van der Waals surface area contributed by atoms with E-state index in [2.05, 4.69) is 47.8 Å². The lowest BCUT2D eigenvalue weighted by Crippen LogP contribution is -2.43. The van der Waals surface area contributed by atoms with Crippen molar-refractivity contribution in [2.24, 2.45) is 0 Å². The minimum absolute atomic E-state index is 0.0213. The standard InChI is InChI=1S/C20H27IN8O5/c1-2-12(4-3-5-14(30)26-13(19(33)34)6-7-15(31)32)29(10-21)9-11-8-24-18-16(25-11)17(22)27-20(23)28-18/h2-4,8,13,19,33-34H,5-7,9-10H2,1H3,(H,26,30)(H,31,32)(H4,22,23,24,27,28)/b4-3-,12-2+/t13-/m1/s1. The Bertz CT molecular complexity index is 1080. The van der Waals surface area contributed by atoms with E-state index in [-0.39, 0.29) is 31.0 Å². The average molecular weight is 586 g/mol. The Morgan fingerprint density at radius 1 is 1.26 bits per heavy atom. The van der Waals surface area contributed by atoms with E-state index in [1.54, 1.807) is 18.3 Å². The molecule has 13 nitrogen and oxygen atoms in total. The second-order valence-corrected chi connectivity index (χ2v) is 7.84. The molecular weight excluding hydrogens is 559 g/mol. The van der Waals surface area contributed by atoms with E-state index in [9.17, 15) is 19.8 Å². The van der Waals surface area contributed by atoms with Crippen LogP contribution in [0.15, 0.2) is 30.1 Å². The number of nitrogens with zero attached hydrogens (tertiary/aromatic N) is 5. The quantitative estimate of drug-likeness (QED) is 0.0651. The second-order valence-electron chi connectivity index (χ2n) is 7.16. The first-order valence-electron chi connectivity index (χ1n) is 10.2.